The molecule has 0 aliphatic carbocycles. The molecule has 130 valence electrons. The molecular weight excluding hydrogens is 323 g/mol. The largest absolute Gasteiger partial charge is 0.476 e. The Kier molecular flexibility index (Phi) is 4.44. The number of hydrogen-bond donors (Lipinski definition) is 1. The second-order valence-corrected chi connectivity index (χ2v) is 6.35. The van der Waals surface area contributed by atoms with Crippen LogP contribution >= 0.6 is 0 Å². The summed E-state index contributed by atoms with van der Waals surface area (Å²) >= 11 is 0. The fraction of sp³-hybridized carbons (Fsp3) is 0.263. The van der Waals surface area contributed by atoms with E-state index < -0.39 is 11.4 Å². The van der Waals surface area contributed by atoms with Gasteiger partial charge in [-0.15, -0.1) is 0 Å². The van der Waals surface area contributed by atoms with Gasteiger partial charge in [-0.05, 0) is 44.2 Å². The van der Waals surface area contributed by atoms with E-state index in [4.69, 9.17) is 4.74 Å². The van der Waals surface area contributed by atoms with E-state index in [9.17, 15) is 14.0 Å². The number of anilines is 2. The topological polar surface area (TPSA) is 58.6 Å². The van der Waals surface area contributed by atoms with Crippen molar-refractivity contribution < 1.29 is 18.7 Å². The van der Waals surface area contributed by atoms with Gasteiger partial charge >= 0.3 is 0 Å². The van der Waals surface area contributed by atoms with Gasteiger partial charge < -0.3 is 15.0 Å². The van der Waals surface area contributed by atoms with E-state index in [-0.39, 0.29) is 24.8 Å². The maximum Gasteiger partial charge on any atom is 0.270 e. The predicted molar refractivity (Wildman–Crippen MR) is 93.1 cm³/mol. The van der Waals surface area contributed by atoms with Crippen molar-refractivity contribution in [2.24, 2.45) is 0 Å². The van der Waals surface area contributed by atoms with Crippen LogP contribution in [0.3, 0.4) is 0 Å². The van der Waals surface area contributed by atoms with E-state index in [2.05, 4.69) is 5.32 Å². The van der Waals surface area contributed by atoms with Crippen LogP contribution in [0.15, 0.2) is 48.5 Å². The summed E-state index contributed by atoms with van der Waals surface area (Å²) in [7, 11) is 0. The summed E-state index contributed by atoms with van der Waals surface area (Å²) in [5.41, 5.74) is 0.0392. The third-order valence-corrected chi connectivity index (χ3v) is 3.95. The van der Waals surface area contributed by atoms with Crippen LogP contribution in [0, 0.1) is 5.82 Å². The first-order valence-corrected chi connectivity index (χ1v) is 8.02. The van der Waals surface area contributed by atoms with Gasteiger partial charge in [0.15, 0.2) is 5.60 Å². The van der Waals surface area contributed by atoms with Crippen LogP contribution in [0.25, 0.3) is 0 Å². The highest BCUT2D eigenvalue weighted by Gasteiger charge is 2.40. The molecule has 6 heteroatoms. The number of rotatable bonds is 4. The molecule has 2 aromatic rings. The summed E-state index contributed by atoms with van der Waals surface area (Å²) in [5, 5.41) is 2.63. The molecule has 2 amide bonds. The van der Waals surface area contributed by atoms with Crippen LogP contribution in [0.2, 0.25) is 0 Å². The number of hydrogen-bond acceptors (Lipinski definition) is 3. The molecule has 1 aliphatic rings. The van der Waals surface area contributed by atoms with Crippen molar-refractivity contribution in [3.63, 3.8) is 0 Å². The third kappa shape index (κ3) is 3.63. The molecule has 3 rings (SSSR count). The zero-order valence-corrected chi connectivity index (χ0v) is 14.1. The highest BCUT2D eigenvalue weighted by atomic mass is 19.1. The third-order valence-electron chi connectivity index (χ3n) is 3.95. The number of amides is 2. The zero-order chi connectivity index (χ0) is 18.0. The molecule has 2 aromatic carbocycles. The molecule has 0 saturated carbocycles. The predicted octanol–water partition coefficient (Wildman–Crippen LogP) is 3.36. The molecular formula is C19H19FN2O3. The lowest BCUT2D eigenvalue weighted by Gasteiger charge is -2.38. The van der Waals surface area contributed by atoms with Crippen molar-refractivity contribution in [1.82, 2.24) is 0 Å². The monoisotopic (exact) mass is 342 g/mol. The first-order chi connectivity index (χ1) is 11.9. The standard InChI is InChI=1S/C19H19FN2O3/c1-19(2)18(24)22(15-8-3-4-9-16(15)25-19)11-10-17(23)21-14-7-5-6-13(20)12-14/h3-9,12H,10-11H2,1-2H3,(H,21,23). The van der Waals surface area contributed by atoms with Crippen LogP contribution in [0.5, 0.6) is 5.75 Å². The summed E-state index contributed by atoms with van der Waals surface area (Å²) in [6, 6.07) is 12.9. The van der Waals surface area contributed by atoms with Gasteiger partial charge in [0, 0.05) is 18.7 Å². The van der Waals surface area contributed by atoms with Gasteiger partial charge in [-0.25, -0.2) is 4.39 Å². The van der Waals surface area contributed by atoms with Crippen LogP contribution in [-0.2, 0) is 9.59 Å². The fourth-order valence-corrected chi connectivity index (χ4v) is 2.74. The Morgan fingerprint density at radius 1 is 1.20 bits per heavy atom. The van der Waals surface area contributed by atoms with Gasteiger partial charge in [0.25, 0.3) is 5.91 Å². The number of halogens is 1. The van der Waals surface area contributed by atoms with Crippen molar-refractivity contribution >= 4 is 23.2 Å². The SMILES string of the molecule is CC1(C)Oc2ccccc2N(CCC(=O)Nc2cccc(F)c2)C1=O. The number of carbonyl (C=O) groups is 2. The molecule has 1 heterocycles. The van der Waals surface area contributed by atoms with Gasteiger partial charge in [0.2, 0.25) is 5.91 Å². The van der Waals surface area contributed by atoms with Gasteiger partial charge in [-0.1, -0.05) is 18.2 Å². The van der Waals surface area contributed by atoms with Gasteiger partial charge in [0.1, 0.15) is 11.6 Å². The van der Waals surface area contributed by atoms with E-state index in [0.717, 1.165) is 0 Å². The lowest BCUT2D eigenvalue weighted by Crippen LogP contribution is -2.53. The van der Waals surface area contributed by atoms with Crippen LogP contribution in [0.1, 0.15) is 20.3 Å². The highest BCUT2D eigenvalue weighted by molar-refractivity contribution is 6.03. The number of ether oxygens (including phenoxy) is 1. The van der Waals surface area contributed by atoms with E-state index in [1.165, 1.54) is 18.2 Å². The van der Waals surface area contributed by atoms with Crippen LogP contribution < -0.4 is 15.0 Å². The number of benzene rings is 2. The quantitative estimate of drug-likeness (QED) is 0.927. The molecule has 0 atom stereocenters. The van der Waals surface area contributed by atoms with E-state index in [0.29, 0.717) is 17.1 Å². The molecule has 0 bridgehead atoms. The van der Waals surface area contributed by atoms with E-state index in [1.807, 2.05) is 12.1 Å². The number of nitrogens with zero attached hydrogens (tertiary/aromatic N) is 1. The zero-order valence-electron chi connectivity index (χ0n) is 14.1. The molecule has 1 aliphatic heterocycles. The van der Waals surface area contributed by atoms with E-state index in [1.54, 1.807) is 36.9 Å². The molecule has 0 unspecified atom stereocenters. The maximum atomic E-state index is 13.2. The van der Waals surface area contributed by atoms with Crippen molar-refractivity contribution in [1.29, 1.82) is 0 Å². The van der Waals surface area contributed by atoms with Crippen LogP contribution in [-0.4, -0.2) is 24.0 Å². The Hall–Kier alpha value is -2.89. The summed E-state index contributed by atoms with van der Waals surface area (Å²) in [6.45, 7) is 3.61. The summed E-state index contributed by atoms with van der Waals surface area (Å²) in [4.78, 5) is 26.3. The average molecular weight is 342 g/mol. The number of carbonyl (C=O) groups excluding carboxylic acids is 2. The molecule has 0 fully saturated rings. The van der Waals surface area contributed by atoms with Crippen molar-refractivity contribution in [3.05, 3.63) is 54.3 Å². The van der Waals surface area contributed by atoms with Gasteiger partial charge in [-0.2, -0.15) is 0 Å². The normalized spacial score (nSPS) is 15.3. The summed E-state index contributed by atoms with van der Waals surface area (Å²) < 4.78 is 18.9. The minimum Gasteiger partial charge on any atom is -0.476 e. The van der Waals surface area contributed by atoms with Crippen LogP contribution in [0.4, 0.5) is 15.8 Å². The number of nitrogens with one attached hydrogen (secondary N) is 1. The minimum atomic E-state index is -0.993. The second kappa shape index (κ2) is 6.55. The second-order valence-electron chi connectivity index (χ2n) is 6.35. The molecule has 1 N–H and O–H groups in total. The molecule has 0 aromatic heterocycles. The number of para-hydroxylation sites is 2. The Morgan fingerprint density at radius 3 is 2.72 bits per heavy atom. The first-order valence-electron chi connectivity index (χ1n) is 8.02. The Labute approximate surface area is 145 Å². The van der Waals surface area contributed by atoms with Crippen molar-refractivity contribution in [2.45, 2.75) is 25.9 Å². The summed E-state index contributed by atoms with van der Waals surface area (Å²) in [5.74, 6) is -0.306. The highest BCUT2D eigenvalue weighted by Crippen LogP contribution is 2.37. The molecule has 5 nitrogen and oxygen atoms in total. The average Bonchev–Trinajstić information content (AvgIpc) is 2.55. The fourth-order valence-electron chi connectivity index (χ4n) is 2.74. The molecule has 0 spiro atoms. The maximum absolute atomic E-state index is 13.2. The number of fused-ring (bicyclic) bond motifs is 1. The smallest absolute Gasteiger partial charge is 0.270 e. The Bertz CT molecular complexity index is 820. The first kappa shape index (κ1) is 17.0. The van der Waals surface area contributed by atoms with Crippen molar-refractivity contribution in [2.75, 3.05) is 16.8 Å². The molecule has 0 saturated heterocycles. The molecule has 25 heavy (non-hydrogen) atoms. The van der Waals surface area contributed by atoms with Gasteiger partial charge in [0.05, 0.1) is 5.69 Å². The molecule has 0 radical (unpaired) electrons. The lowest BCUT2D eigenvalue weighted by molar-refractivity contribution is -0.132. The summed E-state index contributed by atoms with van der Waals surface area (Å²) in [6.07, 6.45) is 0.0899. The lowest BCUT2D eigenvalue weighted by atomic mass is 10.0. The van der Waals surface area contributed by atoms with E-state index >= 15 is 0 Å². The van der Waals surface area contributed by atoms with Crippen molar-refractivity contribution in [3.8, 4) is 5.75 Å². The Balaban J connectivity index is 1.71. The minimum absolute atomic E-state index is 0.0899. The van der Waals surface area contributed by atoms with Gasteiger partial charge in [-0.3, -0.25) is 9.59 Å². The Morgan fingerprint density at radius 2 is 1.96 bits per heavy atom.